The molecule has 5 nitrogen and oxygen atoms in total. The number of hydrogen-bond donors (Lipinski definition) is 3. The standard InChI is InChI=1S/C11H8ClN3O2/c12-6-1-2-8-5(3-6)4-7-9(13-8)14-11(17)15-10(7)16/h1-3H,4H2,(H3,13,14,15,16,17). The van der Waals surface area contributed by atoms with Crippen molar-refractivity contribution in [1.82, 2.24) is 9.97 Å². The first-order valence-corrected chi connectivity index (χ1v) is 5.42. The lowest BCUT2D eigenvalue weighted by atomic mass is 10.0. The third-order valence-electron chi connectivity index (χ3n) is 2.74. The van der Waals surface area contributed by atoms with E-state index in [1.54, 1.807) is 12.1 Å². The Kier molecular flexibility index (Phi) is 2.09. The number of anilines is 2. The van der Waals surface area contributed by atoms with E-state index < -0.39 is 5.69 Å². The van der Waals surface area contributed by atoms with Crippen LogP contribution in [0.5, 0.6) is 0 Å². The van der Waals surface area contributed by atoms with E-state index in [1.807, 2.05) is 6.07 Å². The van der Waals surface area contributed by atoms with Gasteiger partial charge < -0.3 is 5.32 Å². The molecular weight excluding hydrogens is 242 g/mol. The highest BCUT2D eigenvalue weighted by Gasteiger charge is 2.18. The average Bonchev–Trinajstić information content (AvgIpc) is 2.27. The number of nitrogens with one attached hydrogen (secondary N) is 3. The van der Waals surface area contributed by atoms with E-state index in [0.29, 0.717) is 22.8 Å². The van der Waals surface area contributed by atoms with Crippen LogP contribution in [0.3, 0.4) is 0 Å². The molecule has 1 aromatic carbocycles. The molecule has 0 spiro atoms. The van der Waals surface area contributed by atoms with Gasteiger partial charge >= 0.3 is 5.69 Å². The molecule has 1 aliphatic heterocycles. The second-order valence-corrected chi connectivity index (χ2v) is 4.30. The van der Waals surface area contributed by atoms with Crippen LogP contribution in [0.1, 0.15) is 11.1 Å². The zero-order chi connectivity index (χ0) is 12.0. The lowest BCUT2D eigenvalue weighted by Gasteiger charge is -2.19. The number of aromatic amines is 2. The zero-order valence-electron chi connectivity index (χ0n) is 8.63. The fourth-order valence-corrected chi connectivity index (χ4v) is 2.14. The summed E-state index contributed by atoms with van der Waals surface area (Å²) in [5.41, 5.74) is 1.41. The SMILES string of the molecule is O=c1[nH]c2c(c(=O)[nH]1)Cc1cc(Cl)ccc1N2. The maximum absolute atomic E-state index is 11.6. The largest absolute Gasteiger partial charge is 0.341 e. The van der Waals surface area contributed by atoms with E-state index in [1.165, 1.54) is 0 Å². The first-order valence-electron chi connectivity index (χ1n) is 5.04. The Morgan fingerprint density at radius 2 is 2.00 bits per heavy atom. The van der Waals surface area contributed by atoms with Crippen LogP contribution >= 0.6 is 11.6 Å². The van der Waals surface area contributed by atoms with Crippen LogP contribution in [-0.2, 0) is 6.42 Å². The number of fused-ring (bicyclic) bond motifs is 2. The van der Waals surface area contributed by atoms with Crippen molar-refractivity contribution < 1.29 is 0 Å². The van der Waals surface area contributed by atoms with Gasteiger partial charge in [-0.05, 0) is 23.8 Å². The molecule has 3 rings (SSSR count). The maximum atomic E-state index is 11.6. The monoisotopic (exact) mass is 249 g/mol. The third kappa shape index (κ3) is 1.64. The van der Waals surface area contributed by atoms with E-state index in [2.05, 4.69) is 15.3 Å². The summed E-state index contributed by atoms with van der Waals surface area (Å²) in [6.45, 7) is 0. The Labute approximate surface area is 100 Å². The van der Waals surface area contributed by atoms with Gasteiger partial charge in [0.15, 0.2) is 0 Å². The maximum Gasteiger partial charge on any atom is 0.327 e. The Morgan fingerprint density at radius 3 is 2.82 bits per heavy atom. The lowest BCUT2D eigenvalue weighted by Crippen LogP contribution is -2.29. The van der Waals surface area contributed by atoms with Crippen molar-refractivity contribution in [2.24, 2.45) is 0 Å². The van der Waals surface area contributed by atoms with E-state index in [9.17, 15) is 9.59 Å². The van der Waals surface area contributed by atoms with Crippen LogP contribution < -0.4 is 16.6 Å². The molecule has 2 heterocycles. The number of H-pyrrole nitrogens is 2. The highest BCUT2D eigenvalue weighted by molar-refractivity contribution is 6.30. The quantitative estimate of drug-likeness (QED) is 0.563. The molecule has 0 unspecified atom stereocenters. The average molecular weight is 250 g/mol. The predicted octanol–water partition coefficient (Wildman–Crippen LogP) is 1.36. The summed E-state index contributed by atoms with van der Waals surface area (Å²) in [4.78, 5) is 27.6. The fraction of sp³-hybridized carbons (Fsp3) is 0.0909. The molecule has 0 aliphatic carbocycles. The summed E-state index contributed by atoms with van der Waals surface area (Å²) in [7, 11) is 0. The molecule has 1 aromatic heterocycles. The summed E-state index contributed by atoms with van der Waals surface area (Å²) in [5.74, 6) is 0.452. The Balaban J connectivity index is 2.20. The van der Waals surface area contributed by atoms with Crippen molar-refractivity contribution >= 4 is 23.1 Å². The van der Waals surface area contributed by atoms with Gasteiger partial charge in [0, 0.05) is 17.1 Å². The molecule has 6 heteroatoms. The number of rotatable bonds is 0. The third-order valence-corrected chi connectivity index (χ3v) is 2.97. The summed E-state index contributed by atoms with van der Waals surface area (Å²) >= 11 is 5.90. The van der Waals surface area contributed by atoms with Crippen LogP contribution in [0.15, 0.2) is 27.8 Å². The summed E-state index contributed by atoms with van der Waals surface area (Å²) in [6, 6.07) is 5.38. The van der Waals surface area contributed by atoms with Gasteiger partial charge in [0.1, 0.15) is 5.82 Å². The van der Waals surface area contributed by atoms with Gasteiger partial charge in [0.05, 0.1) is 5.56 Å². The second kappa shape index (κ2) is 3.49. The van der Waals surface area contributed by atoms with Gasteiger partial charge in [-0.1, -0.05) is 11.6 Å². The minimum Gasteiger partial charge on any atom is -0.341 e. The number of aromatic nitrogens is 2. The van der Waals surface area contributed by atoms with E-state index in [4.69, 9.17) is 11.6 Å². The van der Waals surface area contributed by atoms with Crippen molar-refractivity contribution in [3.63, 3.8) is 0 Å². The second-order valence-electron chi connectivity index (χ2n) is 3.87. The van der Waals surface area contributed by atoms with E-state index in [-0.39, 0.29) is 5.56 Å². The minimum absolute atomic E-state index is 0.373. The fourth-order valence-electron chi connectivity index (χ4n) is 1.94. The number of halogens is 1. The van der Waals surface area contributed by atoms with Crippen molar-refractivity contribution in [2.75, 3.05) is 5.32 Å². The topological polar surface area (TPSA) is 77.8 Å². The van der Waals surface area contributed by atoms with E-state index in [0.717, 1.165) is 11.3 Å². The van der Waals surface area contributed by atoms with Crippen molar-refractivity contribution in [2.45, 2.75) is 6.42 Å². The summed E-state index contributed by atoms with van der Waals surface area (Å²) < 4.78 is 0. The van der Waals surface area contributed by atoms with Gasteiger partial charge in [-0.2, -0.15) is 0 Å². The summed E-state index contributed by atoms with van der Waals surface area (Å²) in [5, 5.41) is 3.64. The lowest BCUT2D eigenvalue weighted by molar-refractivity contribution is 0.967. The number of hydrogen-bond acceptors (Lipinski definition) is 3. The van der Waals surface area contributed by atoms with Crippen LogP contribution in [-0.4, -0.2) is 9.97 Å². The molecule has 0 saturated carbocycles. The molecule has 1 aliphatic rings. The normalized spacial score (nSPS) is 12.5. The van der Waals surface area contributed by atoms with Gasteiger partial charge in [0.25, 0.3) is 5.56 Å². The van der Waals surface area contributed by atoms with Crippen molar-refractivity contribution in [1.29, 1.82) is 0 Å². The van der Waals surface area contributed by atoms with Gasteiger partial charge in [-0.25, -0.2) is 4.79 Å². The highest BCUT2D eigenvalue weighted by atomic mass is 35.5. The highest BCUT2D eigenvalue weighted by Crippen LogP contribution is 2.30. The smallest absolute Gasteiger partial charge is 0.327 e. The van der Waals surface area contributed by atoms with Gasteiger partial charge in [-0.3, -0.25) is 14.8 Å². The molecule has 0 bridgehead atoms. The van der Waals surface area contributed by atoms with Crippen LogP contribution in [0.2, 0.25) is 5.02 Å². The first kappa shape index (κ1) is 10.2. The molecule has 0 atom stereocenters. The molecule has 2 aromatic rings. The minimum atomic E-state index is -0.515. The van der Waals surface area contributed by atoms with Crippen LogP contribution in [0.25, 0.3) is 0 Å². The van der Waals surface area contributed by atoms with Crippen molar-refractivity contribution in [3.8, 4) is 0 Å². The Bertz CT molecular complexity index is 717. The molecule has 3 N–H and O–H groups in total. The molecule has 0 radical (unpaired) electrons. The predicted molar refractivity (Wildman–Crippen MR) is 65.2 cm³/mol. The van der Waals surface area contributed by atoms with Crippen molar-refractivity contribution in [3.05, 3.63) is 55.2 Å². The first-order chi connectivity index (χ1) is 8.13. The van der Waals surface area contributed by atoms with E-state index >= 15 is 0 Å². The van der Waals surface area contributed by atoms with Gasteiger partial charge in [-0.15, -0.1) is 0 Å². The Morgan fingerprint density at radius 1 is 1.18 bits per heavy atom. The molecular formula is C11H8ClN3O2. The molecule has 17 heavy (non-hydrogen) atoms. The molecule has 0 fully saturated rings. The van der Waals surface area contributed by atoms with Crippen LogP contribution in [0, 0.1) is 0 Å². The Hall–Kier alpha value is -2.01. The molecule has 86 valence electrons. The van der Waals surface area contributed by atoms with Crippen LogP contribution in [0.4, 0.5) is 11.5 Å². The number of benzene rings is 1. The summed E-state index contributed by atoms with van der Waals surface area (Å²) in [6.07, 6.45) is 0.449. The molecule has 0 amide bonds. The molecule has 0 saturated heterocycles. The van der Waals surface area contributed by atoms with Gasteiger partial charge in [0.2, 0.25) is 0 Å². The zero-order valence-corrected chi connectivity index (χ0v) is 9.39.